The molecule has 0 bridgehead atoms. The molecule has 0 aliphatic carbocycles. The molecule has 1 aliphatic heterocycles. The summed E-state index contributed by atoms with van der Waals surface area (Å²) in [5.74, 6) is -0.103. The van der Waals surface area contributed by atoms with E-state index in [1.54, 1.807) is 18.2 Å². The van der Waals surface area contributed by atoms with E-state index in [-0.39, 0.29) is 29.6 Å². The molecule has 1 fully saturated rings. The number of aromatic nitrogens is 1. The molecule has 3 aromatic rings. The average Bonchev–Trinajstić information content (AvgIpc) is 3.08. The fourth-order valence-electron chi connectivity index (χ4n) is 3.75. The Hall–Kier alpha value is -2.88. The number of nitrogens with one attached hydrogen (secondary N) is 2. The first-order valence-corrected chi connectivity index (χ1v) is 11.4. The van der Waals surface area contributed by atoms with Crippen molar-refractivity contribution >= 4 is 32.5 Å². The number of sulfonamides is 1. The van der Waals surface area contributed by atoms with Gasteiger partial charge in [-0.3, -0.25) is 4.79 Å². The number of benzene rings is 2. The molecule has 9 heteroatoms. The van der Waals surface area contributed by atoms with E-state index in [2.05, 4.69) is 10.3 Å². The number of para-hydroxylation sites is 1. The Morgan fingerprint density at radius 1 is 1.16 bits per heavy atom. The van der Waals surface area contributed by atoms with Gasteiger partial charge in [-0.2, -0.15) is 4.31 Å². The van der Waals surface area contributed by atoms with Crippen LogP contribution < -0.4 is 10.1 Å². The van der Waals surface area contributed by atoms with Gasteiger partial charge in [-0.25, -0.2) is 8.42 Å². The molecule has 8 nitrogen and oxygen atoms in total. The van der Waals surface area contributed by atoms with Crippen molar-refractivity contribution < 1.29 is 22.7 Å². The van der Waals surface area contributed by atoms with E-state index in [1.807, 2.05) is 26.0 Å². The zero-order valence-corrected chi connectivity index (χ0v) is 18.5. The predicted molar refractivity (Wildman–Crippen MR) is 118 cm³/mol. The van der Waals surface area contributed by atoms with E-state index in [1.165, 1.54) is 17.5 Å². The Morgan fingerprint density at radius 3 is 2.61 bits per heavy atom. The fraction of sp³-hybridized carbons (Fsp3) is 0.318. The standard InChI is InChI=1S/C22H25N3O5S/c1-14-15(2)23-21-17(14)5-4-6-18(21)22(26)24-16-7-8-19(29-3)20(13-16)31(27,28)25-9-11-30-12-10-25/h4-8,13,23H,9-12H2,1-3H3,(H,24,26). The number of aryl methyl sites for hydroxylation is 2. The van der Waals surface area contributed by atoms with Gasteiger partial charge in [0.05, 0.1) is 31.4 Å². The molecule has 1 aliphatic rings. The third kappa shape index (κ3) is 3.91. The summed E-state index contributed by atoms with van der Waals surface area (Å²) in [6, 6.07) is 10.1. The third-order valence-corrected chi connectivity index (χ3v) is 7.52. The van der Waals surface area contributed by atoms with Crippen molar-refractivity contribution in [3.8, 4) is 5.75 Å². The minimum Gasteiger partial charge on any atom is -0.495 e. The molecule has 0 radical (unpaired) electrons. The third-order valence-electron chi connectivity index (χ3n) is 5.60. The van der Waals surface area contributed by atoms with Crippen molar-refractivity contribution in [3.63, 3.8) is 0 Å². The van der Waals surface area contributed by atoms with Crippen LogP contribution in [0.25, 0.3) is 10.9 Å². The van der Waals surface area contributed by atoms with Gasteiger partial charge in [0.15, 0.2) is 0 Å². The monoisotopic (exact) mass is 443 g/mol. The number of amides is 1. The van der Waals surface area contributed by atoms with E-state index in [9.17, 15) is 13.2 Å². The van der Waals surface area contributed by atoms with Gasteiger partial charge in [-0.15, -0.1) is 0 Å². The molecular formula is C22H25N3O5S. The Balaban J connectivity index is 1.68. The summed E-state index contributed by atoms with van der Waals surface area (Å²) in [6.07, 6.45) is 0. The van der Waals surface area contributed by atoms with E-state index in [4.69, 9.17) is 9.47 Å². The zero-order valence-electron chi connectivity index (χ0n) is 17.7. The first kappa shape index (κ1) is 21.4. The van der Waals surface area contributed by atoms with Crippen LogP contribution >= 0.6 is 0 Å². The second kappa shape index (κ2) is 8.33. The lowest BCUT2D eigenvalue weighted by atomic mass is 10.1. The number of carbonyl (C=O) groups excluding carboxylic acids is 1. The van der Waals surface area contributed by atoms with Gasteiger partial charge in [0.2, 0.25) is 10.0 Å². The number of nitrogens with zero attached hydrogens (tertiary/aromatic N) is 1. The molecule has 2 aromatic carbocycles. The summed E-state index contributed by atoms with van der Waals surface area (Å²) in [4.78, 5) is 16.3. The number of hydrogen-bond acceptors (Lipinski definition) is 5. The fourth-order valence-corrected chi connectivity index (χ4v) is 5.34. The lowest BCUT2D eigenvalue weighted by Gasteiger charge is -2.26. The lowest BCUT2D eigenvalue weighted by molar-refractivity contribution is 0.0729. The van der Waals surface area contributed by atoms with E-state index < -0.39 is 10.0 Å². The number of aromatic amines is 1. The van der Waals surface area contributed by atoms with Crippen molar-refractivity contribution in [2.24, 2.45) is 0 Å². The highest BCUT2D eigenvalue weighted by molar-refractivity contribution is 7.89. The summed E-state index contributed by atoms with van der Waals surface area (Å²) in [7, 11) is -2.37. The summed E-state index contributed by atoms with van der Waals surface area (Å²) in [5.41, 5.74) is 3.70. The number of fused-ring (bicyclic) bond motifs is 1. The predicted octanol–water partition coefficient (Wildman–Crippen LogP) is 3.07. The van der Waals surface area contributed by atoms with Crippen molar-refractivity contribution in [1.82, 2.24) is 9.29 Å². The van der Waals surface area contributed by atoms with Crippen LogP contribution in [0, 0.1) is 13.8 Å². The van der Waals surface area contributed by atoms with Crippen molar-refractivity contribution in [1.29, 1.82) is 0 Å². The summed E-state index contributed by atoms with van der Waals surface area (Å²) in [5, 5.41) is 3.81. The highest BCUT2D eigenvalue weighted by Gasteiger charge is 2.29. The van der Waals surface area contributed by atoms with Crippen LogP contribution in [0.4, 0.5) is 5.69 Å². The minimum absolute atomic E-state index is 0.0134. The first-order chi connectivity index (χ1) is 14.8. The van der Waals surface area contributed by atoms with Crippen molar-refractivity contribution in [3.05, 3.63) is 53.2 Å². The topological polar surface area (TPSA) is 101 Å². The second-order valence-corrected chi connectivity index (χ2v) is 9.35. The number of hydrogen-bond donors (Lipinski definition) is 2. The van der Waals surface area contributed by atoms with Crippen LogP contribution in [-0.2, 0) is 14.8 Å². The van der Waals surface area contributed by atoms with Crippen LogP contribution in [0.2, 0.25) is 0 Å². The number of morpholine rings is 1. The highest BCUT2D eigenvalue weighted by Crippen LogP contribution is 2.31. The van der Waals surface area contributed by atoms with Crippen LogP contribution in [0.1, 0.15) is 21.6 Å². The molecule has 1 aromatic heterocycles. The Bertz CT molecular complexity index is 1240. The Labute approximate surface area is 181 Å². The quantitative estimate of drug-likeness (QED) is 0.631. The van der Waals surface area contributed by atoms with Gasteiger partial charge in [-0.1, -0.05) is 12.1 Å². The number of rotatable bonds is 5. The molecule has 4 rings (SSSR count). The molecule has 2 heterocycles. The molecule has 0 spiro atoms. The molecule has 31 heavy (non-hydrogen) atoms. The molecular weight excluding hydrogens is 418 g/mol. The highest BCUT2D eigenvalue weighted by atomic mass is 32.2. The number of ether oxygens (including phenoxy) is 2. The van der Waals surface area contributed by atoms with Crippen molar-refractivity contribution in [2.75, 3.05) is 38.7 Å². The smallest absolute Gasteiger partial charge is 0.257 e. The van der Waals surface area contributed by atoms with E-state index in [0.717, 1.165) is 22.2 Å². The van der Waals surface area contributed by atoms with Gasteiger partial charge in [0.1, 0.15) is 10.6 Å². The maximum atomic E-state index is 13.2. The largest absolute Gasteiger partial charge is 0.495 e. The Morgan fingerprint density at radius 2 is 1.90 bits per heavy atom. The van der Waals surface area contributed by atoms with E-state index >= 15 is 0 Å². The second-order valence-electron chi connectivity index (χ2n) is 7.44. The summed E-state index contributed by atoms with van der Waals surface area (Å²) in [6.45, 7) is 5.20. The number of anilines is 1. The van der Waals surface area contributed by atoms with Gasteiger partial charge >= 0.3 is 0 Å². The molecule has 0 saturated carbocycles. The van der Waals surface area contributed by atoms with Gasteiger partial charge in [0.25, 0.3) is 5.91 Å². The molecule has 2 N–H and O–H groups in total. The van der Waals surface area contributed by atoms with Crippen molar-refractivity contribution in [2.45, 2.75) is 18.7 Å². The molecule has 0 unspecified atom stereocenters. The zero-order chi connectivity index (χ0) is 22.2. The van der Waals surface area contributed by atoms with Gasteiger partial charge < -0.3 is 19.8 Å². The molecule has 1 saturated heterocycles. The maximum Gasteiger partial charge on any atom is 0.257 e. The first-order valence-electron chi connectivity index (χ1n) is 9.98. The molecule has 1 amide bonds. The number of H-pyrrole nitrogens is 1. The van der Waals surface area contributed by atoms with Crippen LogP contribution in [0.15, 0.2) is 41.3 Å². The van der Waals surface area contributed by atoms with E-state index in [0.29, 0.717) is 24.5 Å². The van der Waals surface area contributed by atoms with Crippen LogP contribution in [0.3, 0.4) is 0 Å². The summed E-state index contributed by atoms with van der Waals surface area (Å²) >= 11 is 0. The molecule has 164 valence electrons. The molecule has 0 atom stereocenters. The number of methoxy groups -OCH3 is 1. The van der Waals surface area contributed by atoms with Crippen LogP contribution in [0.5, 0.6) is 5.75 Å². The van der Waals surface area contributed by atoms with Crippen LogP contribution in [-0.4, -0.2) is 57.0 Å². The lowest BCUT2D eigenvalue weighted by Crippen LogP contribution is -2.40. The number of carbonyl (C=O) groups is 1. The van der Waals surface area contributed by atoms with Gasteiger partial charge in [0, 0.05) is 29.9 Å². The Kier molecular flexibility index (Phi) is 5.74. The minimum atomic E-state index is -3.79. The SMILES string of the molecule is COc1ccc(NC(=O)c2cccc3c(C)c(C)[nH]c23)cc1S(=O)(=O)N1CCOCC1. The normalized spacial score (nSPS) is 15.2. The van der Waals surface area contributed by atoms with Gasteiger partial charge in [-0.05, 0) is 43.7 Å². The average molecular weight is 444 g/mol. The maximum absolute atomic E-state index is 13.2. The summed E-state index contributed by atoms with van der Waals surface area (Å²) < 4.78 is 38.2.